The van der Waals surface area contributed by atoms with Gasteiger partial charge in [-0.1, -0.05) is 40.0 Å². The zero-order valence-corrected chi connectivity index (χ0v) is 12.6. The van der Waals surface area contributed by atoms with Crippen molar-refractivity contribution in [3.8, 4) is 0 Å². The molecule has 0 aliphatic heterocycles. The molecule has 18 heavy (non-hydrogen) atoms. The third-order valence-corrected chi connectivity index (χ3v) is 3.12. The standard InChI is InChI=1S/C12H26N2O3S/c1-5-6-7-8-11(9-10(2)3)12(15)13-14-18(4,16)17/h10-11,14H,5-9H2,1-4H3,(H,13,15). The molecule has 1 atom stereocenters. The van der Waals surface area contributed by atoms with Crippen LogP contribution in [0.3, 0.4) is 0 Å². The van der Waals surface area contributed by atoms with Crippen molar-refractivity contribution in [1.82, 2.24) is 10.3 Å². The quantitative estimate of drug-likeness (QED) is 0.499. The number of rotatable bonds is 9. The second-order valence-electron chi connectivity index (χ2n) is 5.19. The number of unbranched alkanes of at least 4 members (excludes halogenated alkanes) is 2. The number of nitrogens with one attached hydrogen (secondary N) is 2. The van der Waals surface area contributed by atoms with Gasteiger partial charge in [0, 0.05) is 5.92 Å². The van der Waals surface area contributed by atoms with E-state index in [4.69, 9.17) is 0 Å². The van der Waals surface area contributed by atoms with Crippen LogP contribution in [0.4, 0.5) is 0 Å². The summed E-state index contributed by atoms with van der Waals surface area (Å²) in [5, 5.41) is 0. The molecular weight excluding hydrogens is 252 g/mol. The van der Waals surface area contributed by atoms with Gasteiger partial charge in [0.15, 0.2) is 0 Å². The van der Waals surface area contributed by atoms with Crippen molar-refractivity contribution < 1.29 is 13.2 Å². The first-order valence-electron chi connectivity index (χ1n) is 6.53. The summed E-state index contributed by atoms with van der Waals surface area (Å²) in [6.07, 6.45) is 5.81. The Bertz CT molecular complexity index is 339. The SMILES string of the molecule is CCCCCC(CC(C)C)C(=O)NNS(C)(=O)=O. The van der Waals surface area contributed by atoms with Crippen molar-refractivity contribution in [2.75, 3.05) is 6.26 Å². The molecule has 0 saturated heterocycles. The fraction of sp³-hybridized carbons (Fsp3) is 0.917. The summed E-state index contributed by atoms with van der Waals surface area (Å²) in [7, 11) is -3.39. The van der Waals surface area contributed by atoms with Crippen molar-refractivity contribution in [3.05, 3.63) is 0 Å². The summed E-state index contributed by atoms with van der Waals surface area (Å²) in [5.74, 6) is 0.0663. The maximum Gasteiger partial charge on any atom is 0.238 e. The summed E-state index contributed by atoms with van der Waals surface area (Å²) in [4.78, 5) is 13.9. The first kappa shape index (κ1) is 17.4. The van der Waals surface area contributed by atoms with Crippen LogP contribution in [0, 0.1) is 11.8 Å². The van der Waals surface area contributed by atoms with E-state index in [1.807, 2.05) is 4.83 Å². The van der Waals surface area contributed by atoms with E-state index in [9.17, 15) is 13.2 Å². The first-order valence-corrected chi connectivity index (χ1v) is 8.42. The van der Waals surface area contributed by atoms with Crippen LogP contribution in [0.25, 0.3) is 0 Å². The van der Waals surface area contributed by atoms with E-state index in [-0.39, 0.29) is 11.8 Å². The Morgan fingerprint density at radius 1 is 1.22 bits per heavy atom. The highest BCUT2D eigenvalue weighted by molar-refractivity contribution is 7.88. The van der Waals surface area contributed by atoms with Crippen molar-refractivity contribution >= 4 is 15.9 Å². The van der Waals surface area contributed by atoms with Gasteiger partial charge in [-0.05, 0) is 18.8 Å². The van der Waals surface area contributed by atoms with E-state index >= 15 is 0 Å². The predicted molar refractivity (Wildman–Crippen MR) is 73.2 cm³/mol. The van der Waals surface area contributed by atoms with E-state index in [2.05, 4.69) is 26.2 Å². The van der Waals surface area contributed by atoms with E-state index in [1.165, 1.54) is 0 Å². The fourth-order valence-corrected chi connectivity index (χ4v) is 2.10. The van der Waals surface area contributed by atoms with Gasteiger partial charge in [0.1, 0.15) is 0 Å². The molecule has 1 unspecified atom stereocenters. The zero-order valence-electron chi connectivity index (χ0n) is 11.8. The first-order chi connectivity index (χ1) is 8.26. The van der Waals surface area contributed by atoms with Crippen molar-refractivity contribution in [2.24, 2.45) is 11.8 Å². The normalized spacial score (nSPS) is 13.6. The number of amides is 1. The van der Waals surface area contributed by atoms with Crippen molar-refractivity contribution in [2.45, 2.75) is 52.9 Å². The monoisotopic (exact) mass is 278 g/mol. The molecule has 0 rings (SSSR count). The lowest BCUT2D eigenvalue weighted by atomic mass is 9.91. The van der Waals surface area contributed by atoms with Crippen LogP contribution in [0.5, 0.6) is 0 Å². The lowest BCUT2D eigenvalue weighted by Gasteiger charge is -2.18. The molecule has 0 aliphatic rings. The molecule has 0 spiro atoms. The molecule has 6 heteroatoms. The number of hydrogen-bond donors (Lipinski definition) is 2. The lowest BCUT2D eigenvalue weighted by Crippen LogP contribution is -2.44. The number of hydrazine groups is 1. The van der Waals surface area contributed by atoms with Crippen molar-refractivity contribution in [3.63, 3.8) is 0 Å². The molecule has 0 radical (unpaired) electrons. The molecule has 0 aromatic rings. The Hall–Kier alpha value is -0.620. The second-order valence-corrected chi connectivity index (χ2v) is 6.93. The number of hydrogen-bond acceptors (Lipinski definition) is 3. The molecule has 2 N–H and O–H groups in total. The molecule has 0 heterocycles. The Labute approximate surface area is 111 Å². The van der Waals surface area contributed by atoms with E-state index in [1.54, 1.807) is 0 Å². The minimum absolute atomic E-state index is 0.120. The number of sulfonamides is 1. The third kappa shape index (κ3) is 9.41. The summed E-state index contributed by atoms with van der Waals surface area (Å²) in [5.41, 5.74) is 2.28. The summed E-state index contributed by atoms with van der Waals surface area (Å²) in [6, 6.07) is 0. The number of carbonyl (C=O) groups excluding carboxylic acids is 1. The second kappa shape index (κ2) is 8.48. The van der Waals surface area contributed by atoms with Crippen LogP contribution >= 0.6 is 0 Å². The summed E-state index contributed by atoms with van der Waals surface area (Å²) in [6.45, 7) is 6.23. The van der Waals surface area contributed by atoms with Crippen LogP contribution in [0.1, 0.15) is 52.9 Å². The Morgan fingerprint density at radius 3 is 2.28 bits per heavy atom. The van der Waals surface area contributed by atoms with Crippen LogP contribution in [0.2, 0.25) is 0 Å². The van der Waals surface area contributed by atoms with E-state index in [0.717, 1.165) is 38.4 Å². The minimum atomic E-state index is -3.39. The lowest BCUT2D eigenvalue weighted by molar-refractivity contribution is -0.126. The van der Waals surface area contributed by atoms with Gasteiger partial charge in [0.2, 0.25) is 15.9 Å². The van der Waals surface area contributed by atoms with Crippen LogP contribution < -0.4 is 10.3 Å². The number of carbonyl (C=O) groups is 1. The molecule has 0 aromatic heterocycles. The van der Waals surface area contributed by atoms with Gasteiger partial charge >= 0.3 is 0 Å². The molecule has 1 amide bonds. The third-order valence-electron chi connectivity index (χ3n) is 2.64. The van der Waals surface area contributed by atoms with Gasteiger partial charge in [-0.15, -0.1) is 4.83 Å². The maximum atomic E-state index is 11.9. The minimum Gasteiger partial charge on any atom is -0.278 e. The molecule has 0 fully saturated rings. The predicted octanol–water partition coefficient (Wildman–Crippen LogP) is 1.81. The van der Waals surface area contributed by atoms with E-state index < -0.39 is 10.0 Å². The molecule has 0 saturated carbocycles. The van der Waals surface area contributed by atoms with Gasteiger partial charge in [-0.2, -0.15) is 0 Å². The molecule has 0 bridgehead atoms. The zero-order chi connectivity index (χ0) is 14.2. The Kier molecular flexibility index (Phi) is 8.18. The van der Waals surface area contributed by atoms with Gasteiger partial charge in [0.25, 0.3) is 0 Å². The fourth-order valence-electron chi connectivity index (χ4n) is 1.81. The van der Waals surface area contributed by atoms with Gasteiger partial charge in [0.05, 0.1) is 6.26 Å². The van der Waals surface area contributed by atoms with E-state index in [0.29, 0.717) is 5.92 Å². The summed E-state index contributed by atoms with van der Waals surface area (Å²) < 4.78 is 21.8. The maximum absolute atomic E-state index is 11.9. The largest absolute Gasteiger partial charge is 0.278 e. The van der Waals surface area contributed by atoms with Crippen molar-refractivity contribution in [1.29, 1.82) is 0 Å². The smallest absolute Gasteiger partial charge is 0.238 e. The van der Waals surface area contributed by atoms with Gasteiger partial charge in [-0.25, -0.2) is 8.42 Å². The molecule has 0 aromatic carbocycles. The average Bonchev–Trinajstić information content (AvgIpc) is 2.23. The molecule has 0 aliphatic carbocycles. The summed E-state index contributed by atoms with van der Waals surface area (Å²) >= 11 is 0. The Morgan fingerprint density at radius 2 is 1.83 bits per heavy atom. The highest BCUT2D eigenvalue weighted by atomic mass is 32.2. The topological polar surface area (TPSA) is 75.3 Å². The Balaban J connectivity index is 4.30. The van der Waals surface area contributed by atoms with Gasteiger partial charge in [-0.3, -0.25) is 10.2 Å². The highest BCUT2D eigenvalue weighted by Gasteiger charge is 2.19. The molecular formula is C12H26N2O3S. The highest BCUT2D eigenvalue weighted by Crippen LogP contribution is 2.18. The van der Waals surface area contributed by atoms with Gasteiger partial charge < -0.3 is 0 Å². The molecule has 5 nitrogen and oxygen atoms in total. The van der Waals surface area contributed by atoms with Crippen LogP contribution in [-0.4, -0.2) is 20.6 Å². The average molecular weight is 278 g/mol. The van der Waals surface area contributed by atoms with Crippen LogP contribution in [0.15, 0.2) is 0 Å². The molecule has 108 valence electrons. The van der Waals surface area contributed by atoms with Crippen LogP contribution in [-0.2, 0) is 14.8 Å².